The first kappa shape index (κ1) is 26.2. The normalized spacial score (nSPS) is 11.3. The minimum Gasteiger partial charge on any atom is -0.423 e. The number of nitro groups is 1. The van der Waals surface area contributed by atoms with Crippen LogP contribution in [0.1, 0.15) is 11.1 Å². The van der Waals surface area contributed by atoms with Crippen molar-refractivity contribution in [3.8, 4) is 17.1 Å². The van der Waals surface area contributed by atoms with E-state index in [1.54, 1.807) is 78.9 Å². The molecule has 1 heterocycles. The van der Waals surface area contributed by atoms with Gasteiger partial charge in [-0.1, -0.05) is 48.0 Å². The third-order valence-electron chi connectivity index (χ3n) is 5.81. The van der Waals surface area contributed by atoms with Gasteiger partial charge in [0.1, 0.15) is 5.75 Å². The van der Waals surface area contributed by atoms with Gasteiger partial charge < -0.3 is 4.74 Å². The summed E-state index contributed by atoms with van der Waals surface area (Å²) in [6.45, 7) is 0. The zero-order chi connectivity index (χ0) is 28.1. The van der Waals surface area contributed by atoms with Crippen LogP contribution >= 0.6 is 11.6 Å². The maximum absolute atomic E-state index is 13.4. The molecular weight excluding hydrogens is 532 g/mol. The van der Waals surface area contributed by atoms with Gasteiger partial charge in [-0.15, -0.1) is 0 Å². The molecule has 196 valence electrons. The van der Waals surface area contributed by atoms with Gasteiger partial charge in [-0.2, -0.15) is 9.78 Å². The van der Waals surface area contributed by atoms with Gasteiger partial charge in [0.2, 0.25) is 0 Å². The Morgan fingerprint density at radius 1 is 0.950 bits per heavy atom. The molecule has 0 aliphatic rings. The van der Waals surface area contributed by atoms with Crippen molar-refractivity contribution in [2.24, 2.45) is 5.10 Å². The van der Waals surface area contributed by atoms with Crippen molar-refractivity contribution in [2.75, 3.05) is 0 Å². The molecule has 0 unspecified atom stereocenters. The van der Waals surface area contributed by atoms with Gasteiger partial charge in [0.25, 0.3) is 11.2 Å². The van der Waals surface area contributed by atoms with Crippen LogP contribution in [0.15, 0.2) is 113 Å². The number of rotatable bonds is 7. The summed E-state index contributed by atoms with van der Waals surface area (Å²) in [5.74, 6) is -0.183. The number of fused-ring (bicyclic) bond motifs is 1. The summed E-state index contributed by atoms with van der Waals surface area (Å²) in [5, 5.41) is 16.4. The number of hydrogen-bond acceptors (Lipinski definition) is 7. The lowest BCUT2D eigenvalue weighted by molar-refractivity contribution is -0.384. The molecule has 5 rings (SSSR count). The van der Waals surface area contributed by atoms with Crippen LogP contribution in [-0.2, 0) is 4.79 Å². The number of aromatic nitrogens is 2. The molecule has 0 atom stereocenters. The number of carbonyl (C=O) groups is 1. The quantitative estimate of drug-likeness (QED) is 0.0601. The first-order chi connectivity index (χ1) is 19.4. The molecule has 0 spiro atoms. The number of para-hydroxylation sites is 2. The Hall–Kier alpha value is -5.41. The van der Waals surface area contributed by atoms with E-state index in [-0.39, 0.29) is 17.3 Å². The first-order valence-electron chi connectivity index (χ1n) is 11.9. The van der Waals surface area contributed by atoms with E-state index in [1.165, 1.54) is 36.6 Å². The minimum atomic E-state index is -0.605. The Bertz CT molecular complexity index is 1850. The molecule has 4 aromatic carbocycles. The number of non-ortho nitro benzene ring substituents is 1. The van der Waals surface area contributed by atoms with Gasteiger partial charge in [0.15, 0.2) is 5.82 Å². The maximum atomic E-state index is 13.4. The molecule has 0 aliphatic carbocycles. The molecule has 0 N–H and O–H groups in total. The van der Waals surface area contributed by atoms with Crippen LogP contribution in [0.25, 0.3) is 28.4 Å². The largest absolute Gasteiger partial charge is 0.423 e. The van der Waals surface area contributed by atoms with Gasteiger partial charge in [-0.3, -0.25) is 14.9 Å². The summed E-state index contributed by atoms with van der Waals surface area (Å²) in [7, 11) is 0. The zero-order valence-electron chi connectivity index (χ0n) is 20.7. The van der Waals surface area contributed by atoms with Crippen molar-refractivity contribution < 1.29 is 14.5 Å². The third kappa shape index (κ3) is 5.85. The number of nitrogens with zero attached hydrogens (tertiary/aromatic N) is 4. The van der Waals surface area contributed by atoms with Crippen LogP contribution in [0.4, 0.5) is 5.69 Å². The number of carbonyl (C=O) groups excluding carboxylic acids is 1. The number of nitro benzene ring substituents is 1. The molecule has 0 aliphatic heterocycles. The van der Waals surface area contributed by atoms with Gasteiger partial charge in [0, 0.05) is 34.4 Å². The highest BCUT2D eigenvalue weighted by Crippen LogP contribution is 2.23. The summed E-state index contributed by atoms with van der Waals surface area (Å²) in [6, 6.07) is 26.2. The number of halogens is 1. The summed E-state index contributed by atoms with van der Waals surface area (Å²) in [6.07, 6.45) is 4.28. The number of hydrogen-bond donors (Lipinski definition) is 0. The molecule has 0 fully saturated rings. The lowest BCUT2D eigenvalue weighted by atomic mass is 10.1. The summed E-state index contributed by atoms with van der Waals surface area (Å²) < 4.78 is 6.63. The Kier molecular flexibility index (Phi) is 7.56. The first-order valence-corrected chi connectivity index (χ1v) is 12.3. The fraction of sp³-hybridized carbons (Fsp3) is 0. The van der Waals surface area contributed by atoms with E-state index in [0.29, 0.717) is 27.1 Å². The average molecular weight is 551 g/mol. The predicted molar refractivity (Wildman–Crippen MR) is 154 cm³/mol. The van der Waals surface area contributed by atoms with E-state index in [9.17, 15) is 19.7 Å². The van der Waals surface area contributed by atoms with Crippen LogP contribution in [0, 0.1) is 10.1 Å². The SMILES string of the molecule is O=C(/C=C/c1ccc(Cl)cc1)Oc1ccccc1C=Nn1c(-c2ccc([N+](=O)[O-])cc2)nc2ccccc2c1=O. The molecule has 0 amide bonds. The van der Waals surface area contributed by atoms with E-state index >= 15 is 0 Å². The molecule has 0 saturated carbocycles. The van der Waals surface area contributed by atoms with Crippen LogP contribution in [0.2, 0.25) is 5.02 Å². The molecule has 40 heavy (non-hydrogen) atoms. The van der Waals surface area contributed by atoms with E-state index in [0.717, 1.165) is 10.2 Å². The van der Waals surface area contributed by atoms with Crippen molar-refractivity contribution in [2.45, 2.75) is 0 Å². The summed E-state index contributed by atoms with van der Waals surface area (Å²) >= 11 is 5.90. The molecule has 10 heteroatoms. The van der Waals surface area contributed by atoms with E-state index in [1.807, 2.05) is 0 Å². The van der Waals surface area contributed by atoms with Gasteiger partial charge in [0.05, 0.1) is 22.0 Å². The van der Waals surface area contributed by atoms with Crippen molar-refractivity contribution >= 4 is 46.5 Å². The smallest absolute Gasteiger partial charge is 0.336 e. The topological polar surface area (TPSA) is 117 Å². The molecule has 9 nitrogen and oxygen atoms in total. The Morgan fingerprint density at radius 3 is 2.40 bits per heavy atom. The monoisotopic (exact) mass is 550 g/mol. The van der Waals surface area contributed by atoms with Crippen LogP contribution < -0.4 is 10.3 Å². The van der Waals surface area contributed by atoms with Crippen molar-refractivity contribution in [1.29, 1.82) is 0 Å². The second kappa shape index (κ2) is 11.5. The van der Waals surface area contributed by atoms with Crippen molar-refractivity contribution in [1.82, 2.24) is 9.66 Å². The maximum Gasteiger partial charge on any atom is 0.336 e. The van der Waals surface area contributed by atoms with E-state index in [4.69, 9.17) is 16.3 Å². The standard InChI is InChI=1S/C30H19ClN4O5/c31-23-14-9-20(10-15-23)11-18-28(36)40-27-8-4-1-5-22(27)19-32-34-29(21-12-16-24(17-13-21)35(38)39)33-26-7-3-2-6-25(26)30(34)37/h1-19H/b18-11+,32-19?. The van der Waals surface area contributed by atoms with Gasteiger partial charge >= 0.3 is 5.97 Å². The highest BCUT2D eigenvalue weighted by atomic mass is 35.5. The van der Waals surface area contributed by atoms with E-state index in [2.05, 4.69) is 10.1 Å². The fourth-order valence-electron chi connectivity index (χ4n) is 3.83. The summed E-state index contributed by atoms with van der Waals surface area (Å²) in [5.41, 5.74) is 1.59. The molecule has 0 bridgehead atoms. The lowest BCUT2D eigenvalue weighted by Gasteiger charge is -2.10. The van der Waals surface area contributed by atoms with Gasteiger partial charge in [-0.05, 0) is 60.2 Å². The van der Waals surface area contributed by atoms with Crippen LogP contribution in [-0.4, -0.2) is 26.8 Å². The second-order valence-corrected chi connectivity index (χ2v) is 8.90. The fourth-order valence-corrected chi connectivity index (χ4v) is 3.96. The molecule has 5 aromatic rings. The molecule has 0 radical (unpaired) electrons. The Labute approximate surface area is 232 Å². The molecular formula is C30H19ClN4O5. The predicted octanol–water partition coefficient (Wildman–Crippen LogP) is 6.13. The third-order valence-corrected chi connectivity index (χ3v) is 6.07. The lowest BCUT2D eigenvalue weighted by Crippen LogP contribution is -2.20. The zero-order valence-corrected chi connectivity index (χ0v) is 21.4. The van der Waals surface area contributed by atoms with E-state index < -0.39 is 16.5 Å². The van der Waals surface area contributed by atoms with Crippen LogP contribution in [0.3, 0.4) is 0 Å². The second-order valence-electron chi connectivity index (χ2n) is 8.46. The highest BCUT2D eigenvalue weighted by molar-refractivity contribution is 6.30. The van der Waals surface area contributed by atoms with Crippen LogP contribution in [0.5, 0.6) is 5.75 Å². The average Bonchev–Trinajstić information content (AvgIpc) is 2.97. The van der Waals surface area contributed by atoms with Crippen molar-refractivity contribution in [3.05, 3.63) is 140 Å². The molecule has 0 saturated heterocycles. The minimum absolute atomic E-state index is 0.0946. The summed E-state index contributed by atoms with van der Waals surface area (Å²) in [4.78, 5) is 41.1. The highest BCUT2D eigenvalue weighted by Gasteiger charge is 2.14. The molecule has 1 aromatic heterocycles. The number of ether oxygens (including phenoxy) is 1. The Morgan fingerprint density at radius 2 is 1.65 bits per heavy atom. The van der Waals surface area contributed by atoms with Gasteiger partial charge in [-0.25, -0.2) is 9.78 Å². The number of esters is 1. The Balaban J connectivity index is 1.49. The van der Waals surface area contributed by atoms with Crippen molar-refractivity contribution in [3.63, 3.8) is 0 Å². The number of benzene rings is 4.